The summed E-state index contributed by atoms with van der Waals surface area (Å²) in [5.41, 5.74) is 4.22. The van der Waals surface area contributed by atoms with Crippen molar-refractivity contribution in [2.75, 3.05) is 0 Å². The van der Waals surface area contributed by atoms with Gasteiger partial charge in [-0.05, 0) is 24.6 Å². The normalized spacial score (nSPS) is 15.1. The van der Waals surface area contributed by atoms with E-state index in [4.69, 9.17) is 10.8 Å². The van der Waals surface area contributed by atoms with Crippen molar-refractivity contribution in [3.8, 4) is 0 Å². The maximum absolute atomic E-state index is 13.1. The second-order valence-corrected chi connectivity index (χ2v) is 4.30. The fourth-order valence-corrected chi connectivity index (χ4v) is 1.79. The largest absolute Gasteiger partial charge is 0.481 e. The molecule has 2 atom stereocenters. The lowest BCUT2D eigenvalue weighted by molar-refractivity contribution is -0.140. The predicted octanol–water partition coefficient (Wildman–Crippen LogP) is 2.75. The van der Waals surface area contributed by atoms with Crippen LogP contribution in [0, 0.1) is 5.82 Å². The van der Waals surface area contributed by atoms with Crippen molar-refractivity contribution in [3.05, 3.63) is 35.1 Å². The van der Waals surface area contributed by atoms with Crippen LogP contribution in [0.5, 0.6) is 0 Å². The van der Waals surface area contributed by atoms with Gasteiger partial charge in [-0.15, -0.1) is 0 Å². The van der Waals surface area contributed by atoms with Crippen LogP contribution in [0.3, 0.4) is 0 Å². The van der Waals surface area contributed by atoms with Gasteiger partial charge in [-0.2, -0.15) is 13.2 Å². The lowest BCUT2D eigenvalue weighted by atomic mass is 9.89. The Morgan fingerprint density at radius 1 is 1.42 bits per heavy atom. The highest BCUT2D eigenvalue weighted by atomic mass is 19.4. The highest BCUT2D eigenvalue weighted by Crippen LogP contribution is 2.34. The van der Waals surface area contributed by atoms with Gasteiger partial charge in [-0.25, -0.2) is 4.39 Å². The summed E-state index contributed by atoms with van der Waals surface area (Å²) in [6.07, 6.45) is -5.24. The molecule has 3 nitrogen and oxygen atoms in total. The molecule has 0 aliphatic rings. The monoisotopic (exact) mass is 279 g/mol. The van der Waals surface area contributed by atoms with Crippen LogP contribution < -0.4 is 5.73 Å². The molecule has 0 heterocycles. The van der Waals surface area contributed by atoms with Gasteiger partial charge in [0.1, 0.15) is 5.82 Å². The van der Waals surface area contributed by atoms with Gasteiger partial charge in [-0.1, -0.05) is 6.07 Å². The number of nitrogens with two attached hydrogens (primary N) is 1. The first kappa shape index (κ1) is 15.4. The predicted molar refractivity (Wildman–Crippen MR) is 60.0 cm³/mol. The van der Waals surface area contributed by atoms with Crippen molar-refractivity contribution in [1.29, 1.82) is 0 Å². The van der Waals surface area contributed by atoms with Gasteiger partial charge in [-0.3, -0.25) is 4.79 Å². The van der Waals surface area contributed by atoms with E-state index in [2.05, 4.69) is 0 Å². The van der Waals surface area contributed by atoms with Crippen LogP contribution in [-0.4, -0.2) is 17.1 Å². The minimum absolute atomic E-state index is 0.0612. The molecular formula is C12H13F4NO2. The SMILES string of the molecule is CC(N)C(CC(=O)O)c1ccc(F)c(C(F)(F)F)c1. The van der Waals surface area contributed by atoms with Gasteiger partial charge in [0.25, 0.3) is 0 Å². The summed E-state index contributed by atoms with van der Waals surface area (Å²) in [7, 11) is 0. The van der Waals surface area contributed by atoms with E-state index in [1.807, 2.05) is 0 Å². The van der Waals surface area contributed by atoms with Crippen LogP contribution in [0.2, 0.25) is 0 Å². The number of alkyl halides is 3. The number of hydrogen-bond donors (Lipinski definition) is 2. The van der Waals surface area contributed by atoms with Gasteiger partial charge in [0, 0.05) is 12.0 Å². The fraction of sp³-hybridized carbons (Fsp3) is 0.417. The van der Waals surface area contributed by atoms with Crippen molar-refractivity contribution < 1.29 is 27.5 Å². The Hall–Kier alpha value is -1.63. The van der Waals surface area contributed by atoms with Gasteiger partial charge in [0.15, 0.2) is 0 Å². The van der Waals surface area contributed by atoms with Crippen LogP contribution in [0.15, 0.2) is 18.2 Å². The van der Waals surface area contributed by atoms with Gasteiger partial charge in [0.2, 0.25) is 0 Å². The zero-order valence-corrected chi connectivity index (χ0v) is 10.0. The Morgan fingerprint density at radius 3 is 2.42 bits per heavy atom. The molecule has 0 aliphatic heterocycles. The molecule has 0 amide bonds. The number of carboxylic acids is 1. The molecule has 0 saturated carbocycles. The second-order valence-electron chi connectivity index (χ2n) is 4.30. The van der Waals surface area contributed by atoms with Gasteiger partial charge >= 0.3 is 12.1 Å². The van der Waals surface area contributed by atoms with Crippen LogP contribution in [-0.2, 0) is 11.0 Å². The first-order valence-electron chi connectivity index (χ1n) is 5.47. The minimum atomic E-state index is -4.83. The molecule has 19 heavy (non-hydrogen) atoms. The summed E-state index contributed by atoms with van der Waals surface area (Å²) in [6, 6.07) is 1.76. The highest BCUT2D eigenvalue weighted by molar-refractivity contribution is 5.68. The highest BCUT2D eigenvalue weighted by Gasteiger charge is 2.35. The third kappa shape index (κ3) is 3.92. The Bertz CT molecular complexity index is 471. The number of carbonyl (C=O) groups is 1. The molecule has 0 bridgehead atoms. The molecule has 2 unspecified atom stereocenters. The maximum atomic E-state index is 13.1. The Balaban J connectivity index is 3.22. The molecule has 7 heteroatoms. The number of aliphatic carboxylic acids is 1. The smallest absolute Gasteiger partial charge is 0.419 e. The van der Waals surface area contributed by atoms with E-state index in [0.29, 0.717) is 12.1 Å². The van der Waals surface area contributed by atoms with E-state index in [1.165, 1.54) is 6.92 Å². The molecule has 0 radical (unpaired) electrons. The number of rotatable bonds is 4. The number of carboxylic acid groups (broad SMARTS) is 1. The summed E-state index contributed by atoms with van der Waals surface area (Å²) in [5.74, 6) is -3.38. The summed E-state index contributed by atoms with van der Waals surface area (Å²) in [6.45, 7) is 1.49. The molecule has 0 aliphatic carbocycles. The zero-order valence-electron chi connectivity index (χ0n) is 10.0. The molecule has 1 aromatic carbocycles. The van der Waals surface area contributed by atoms with E-state index in [-0.39, 0.29) is 5.56 Å². The summed E-state index contributed by atoms with van der Waals surface area (Å²) in [5, 5.41) is 8.73. The third-order valence-corrected chi connectivity index (χ3v) is 2.75. The summed E-state index contributed by atoms with van der Waals surface area (Å²) in [4.78, 5) is 10.7. The summed E-state index contributed by atoms with van der Waals surface area (Å²) < 4.78 is 50.8. The number of hydrogen-bond acceptors (Lipinski definition) is 2. The molecule has 0 aromatic heterocycles. The van der Waals surface area contributed by atoms with Crippen molar-refractivity contribution >= 4 is 5.97 Å². The van der Waals surface area contributed by atoms with E-state index in [1.54, 1.807) is 0 Å². The van der Waals surface area contributed by atoms with Crippen molar-refractivity contribution in [2.45, 2.75) is 31.5 Å². The molecule has 0 spiro atoms. The molecule has 1 rings (SSSR count). The van der Waals surface area contributed by atoms with Crippen molar-refractivity contribution in [1.82, 2.24) is 0 Å². The first-order chi connectivity index (χ1) is 8.62. The Labute approximate surface area is 107 Å². The van der Waals surface area contributed by atoms with E-state index >= 15 is 0 Å². The fourth-order valence-electron chi connectivity index (χ4n) is 1.79. The Kier molecular flexibility index (Phi) is 4.52. The van der Waals surface area contributed by atoms with Gasteiger partial charge < -0.3 is 10.8 Å². The molecular weight excluding hydrogens is 266 g/mol. The average molecular weight is 279 g/mol. The number of benzene rings is 1. The second kappa shape index (κ2) is 5.56. The molecule has 0 fully saturated rings. The third-order valence-electron chi connectivity index (χ3n) is 2.75. The lowest BCUT2D eigenvalue weighted by Crippen LogP contribution is -2.27. The maximum Gasteiger partial charge on any atom is 0.419 e. The first-order valence-corrected chi connectivity index (χ1v) is 5.47. The summed E-state index contributed by atoms with van der Waals surface area (Å²) >= 11 is 0. The molecule has 1 aromatic rings. The topological polar surface area (TPSA) is 63.3 Å². The lowest BCUT2D eigenvalue weighted by Gasteiger charge is -2.20. The standard InChI is InChI=1S/C12H13F4NO2/c1-6(17)8(5-11(18)19)7-2-3-10(13)9(4-7)12(14,15)16/h2-4,6,8H,5,17H2,1H3,(H,18,19). The van der Waals surface area contributed by atoms with Crippen molar-refractivity contribution in [3.63, 3.8) is 0 Å². The van der Waals surface area contributed by atoms with Crippen LogP contribution in [0.25, 0.3) is 0 Å². The molecule has 106 valence electrons. The molecule has 3 N–H and O–H groups in total. The average Bonchev–Trinajstić information content (AvgIpc) is 2.24. The van der Waals surface area contributed by atoms with E-state index in [9.17, 15) is 22.4 Å². The molecule has 0 saturated heterocycles. The van der Waals surface area contributed by atoms with Crippen molar-refractivity contribution in [2.24, 2.45) is 5.73 Å². The minimum Gasteiger partial charge on any atom is -0.481 e. The number of halogens is 4. The van der Waals surface area contributed by atoms with Crippen LogP contribution in [0.1, 0.15) is 30.4 Å². The van der Waals surface area contributed by atoms with Crippen LogP contribution in [0.4, 0.5) is 17.6 Å². The zero-order chi connectivity index (χ0) is 14.8. The van der Waals surface area contributed by atoms with Gasteiger partial charge in [0.05, 0.1) is 12.0 Å². The van der Waals surface area contributed by atoms with E-state index in [0.717, 1.165) is 6.07 Å². The quantitative estimate of drug-likeness (QED) is 0.833. The Morgan fingerprint density at radius 2 is 2.00 bits per heavy atom. The van der Waals surface area contributed by atoms with Crippen LogP contribution >= 0.6 is 0 Å². The van der Waals surface area contributed by atoms with E-state index < -0.39 is 41.9 Å².